The Hall–Kier alpha value is -2.27. The van der Waals surface area contributed by atoms with Gasteiger partial charge >= 0.3 is 0 Å². The lowest BCUT2D eigenvalue weighted by Gasteiger charge is -2.22. The number of rotatable bonds is 10. The van der Waals surface area contributed by atoms with Crippen molar-refractivity contribution in [3.8, 4) is 0 Å². The maximum absolute atomic E-state index is 5.96. The van der Waals surface area contributed by atoms with Crippen LogP contribution in [0.3, 0.4) is 0 Å². The van der Waals surface area contributed by atoms with Gasteiger partial charge in [-0.25, -0.2) is 0 Å². The summed E-state index contributed by atoms with van der Waals surface area (Å²) >= 11 is 0. The number of ether oxygens (including phenoxy) is 1. The molecule has 1 aliphatic heterocycles. The van der Waals surface area contributed by atoms with Gasteiger partial charge < -0.3 is 19.4 Å². The number of hydrogen-bond donors (Lipinski definition) is 1. The molecular formula is C23H33N3O2. The predicted octanol–water partition coefficient (Wildman–Crippen LogP) is 4.11. The third kappa shape index (κ3) is 6.71. The number of nitrogens with one attached hydrogen (secondary N) is 1. The van der Waals surface area contributed by atoms with Crippen molar-refractivity contribution >= 4 is 5.96 Å². The Kier molecular flexibility index (Phi) is 8.44. The van der Waals surface area contributed by atoms with Crippen molar-refractivity contribution in [1.82, 2.24) is 10.2 Å². The van der Waals surface area contributed by atoms with E-state index < -0.39 is 0 Å². The van der Waals surface area contributed by atoms with E-state index in [1.54, 1.807) is 6.26 Å². The van der Waals surface area contributed by atoms with Crippen LogP contribution in [0.25, 0.3) is 0 Å². The Balaban J connectivity index is 1.44. The second-order valence-corrected chi connectivity index (χ2v) is 7.42. The topological polar surface area (TPSA) is 50.0 Å². The van der Waals surface area contributed by atoms with Crippen LogP contribution in [0.5, 0.6) is 0 Å². The molecule has 0 bridgehead atoms. The Bertz CT molecular complexity index is 685. The van der Waals surface area contributed by atoms with E-state index in [1.165, 1.54) is 12.0 Å². The zero-order valence-electron chi connectivity index (χ0n) is 17.0. The van der Waals surface area contributed by atoms with Gasteiger partial charge in [0.1, 0.15) is 5.76 Å². The standard InChI is InChI=1S/C23H33N3O2/c1-2-3-13-24-23(25-14-11-22-10-7-16-28-22)26-15-12-21(17-26)19-27-18-20-8-5-4-6-9-20/h4-10,16,21H,2-3,11-15,17-19H2,1H3,(H,24,25). The summed E-state index contributed by atoms with van der Waals surface area (Å²) in [5.74, 6) is 2.60. The Labute approximate surface area is 168 Å². The zero-order chi connectivity index (χ0) is 19.4. The van der Waals surface area contributed by atoms with Gasteiger partial charge in [0.15, 0.2) is 5.96 Å². The van der Waals surface area contributed by atoms with E-state index in [0.29, 0.717) is 12.5 Å². The maximum Gasteiger partial charge on any atom is 0.193 e. The van der Waals surface area contributed by atoms with Crippen LogP contribution in [-0.4, -0.2) is 43.6 Å². The fourth-order valence-electron chi connectivity index (χ4n) is 3.44. The van der Waals surface area contributed by atoms with Gasteiger partial charge in [0.2, 0.25) is 0 Å². The van der Waals surface area contributed by atoms with Crippen molar-refractivity contribution in [3.05, 3.63) is 60.1 Å². The fraction of sp³-hybridized carbons (Fsp3) is 0.522. The van der Waals surface area contributed by atoms with E-state index >= 15 is 0 Å². The van der Waals surface area contributed by atoms with Crippen LogP contribution in [0.15, 0.2) is 58.1 Å². The highest BCUT2D eigenvalue weighted by Gasteiger charge is 2.25. The van der Waals surface area contributed by atoms with Crippen LogP contribution in [0.1, 0.15) is 37.5 Å². The van der Waals surface area contributed by atoms with E-state index in [2.05, 4.69) is 41.4 Å². The molecule has 1 N–H and O–H groups in total. The zero-order valence-corrected chi connectivity index (χ0v) is 17.0. The van der Waals surface area contributed by atoms with Crippen molar-refractivity contribution in [3.63, 3.8) is 0 Å². The summed E-state index contributed by atoms with van der Waals surface area (Å²) in [4.78, 5) is 7.22. The molecule has 1 unspecified atom stereocenters. The summed E-state index contributed by atoms with van der Waals surface area (Å²) in [6.45, 7) is 7.46. The Morgan fingerprint density at radius 1 is 1.25 bits per heavy atom. The summed E-state index contributed by atoms with van der Waals surface area (Å²) in [5, 5.41) is 3.54. The number of unbranched alkanes of at least 4 members (excludes halogenated alkanes) is 1. The predicted molar refractivity (Wildman–Crippen MR) is 113 cm³/mol. The first-order valence-electron chi connectivity index (χ1n) is 10.5. The average Bonchev–Trinajstić information content (AvgIpc) is 3.40. The van der Waals surface area contributed by atoms with Gasteiger partial charge in [-0.15, -0.1) is 0 Å². The first-order valence-corrected chi connectivity index (χ1v) is 10.5. The van der Waals surface area contributed by atoms with Crippen LogP contribution in [0, 0.1) is 5.92 Å². The number of benzene rings is 1. The smallest absolute Gasteiger partial charge is 0.193 e. The highest BCUT2D eigenvalue weighted by atomic mass is 16.5. The first kappa shape index (κ1) is 20.5. The van der Waals surface area contributed by atoms with Crippen molar-refractivity contribution in [2.45, 2.75) is 39.2 Å². The van der Waals surface area contributed by atoms with E-state index in [0.717, 1.165) is 63.8 Å². The largest absolute Gasteiger partial charge is 0.469 e. The highest BCUT2D eigenvalue weighted by molar-refractivity contribution is 5.80. The van der Waals surface area contributed by atoms with Gasteiger partial charge in [0.25, 0.3) is 0 Å². The number of aliphatic imine (C=N–C) groups is 1. The number of furan rings is 1. The Morgan fingerprint density at radius 3 is 2.93 bits per heavy atom. The molecule has 3 rings (SSSR count). The maximum atomic E-state index is 5.96. The SMILES string of the molecule is CCCCN=C(NCCc1ccco1)N1CCC(COCc2ccccc2)C1. The molecule has 1 aliphatic rings. The second kappa shape index (κ2) is 11.5. The molecule has 5 heteroatoms. The highest BCUT2D eigenvalue weighted by Crippen LogP contribution is 2.17. The van der Waals surface area contributed by atoms with Gasteiger partial charge in [-0.2, -0.15) is 0 Å². The molecule has 1 saturated heterocycles. The van der Waals surface area contributed by atoms with Crippen LogP contribution in [-0.2, 0) is 17.8 Å². The molecule has 1 aromatic carbocycles. The fourth-order valence-corrected chi connectivity index (χ4v) is 3.44. The summed E-state index contributed by atoms with van der Waals surface area (Å²) in [6.07, 6.45) is 6.05. The molecule has 0 spiro atoms. The summed E-state index contributed by atoms with van der Waals surface area (Å²) < 4.78 is 11.4. The molecule has 0 amide bonds. The lowest BCUT2D eigenvalue weighted by atomic mass is 10.1. The normalized spacial score (nSPS) is 17.2. The molecule has 28 heavy (non-hydrogen) atoms. The van der Waals surface area contributed by atoms with Crippen molar-refractivity contribution in [2.24, 2.45) is 10.9 Å². The van der Waals surface area contributed by atoms with E-state index in [-0.39, 0.29) is 0 Å². The molecular weight excluding hydrogens is 350 g/mol. The summed E-state index contributed by atoms with van der Waals surface area (Å²) in [5.41, 5.74) is 1.23. The van der Waals surface area contributed by atoms with E-state index in [9.17, 15) is 0 Å². The van der Waals surface area contributed by atoms with Gasteiger partial charge in [-0.1, -0.05) is 43.7 Å². The van der Waals surface area contributed by atoms with Gasteiger partial charge in [0, 0.05) is 38.5 Å². The minimum atomic E-state index is 0.562. The third-order valence-corrected chi connectivity index (χ3v) is 5.06. The molecule has 0 saturated carbocycles. The molecule has 5 nitrogen and oxygen atoms in total. The molecule has 1 atom stereocenters. The van der Waals surface area contributed by atoms with E-state index in [1.807, 2.05) is 18.2 Å². The van der Waals surface area contributed by atoms with Crippen molar-refractivity contribution in [2.75, 3.05) is 32.8 Å². The minimum Gasteiger partial charge on any atom is -0.469 e. The second-order valence-electron chi connectivity index (χ2n) is 7.42. The van der Waals surface area contributed by atoms with Gasteiger partial charge in [-0.05, 0) is 30.5 Å². The molecule has 1 fully saturated rings. The van der Waals surface area contributed by atoms with Crippen molar-refractivity contribution in [1.29, 1.82) is 0 Å². The molecule has 2 aromatic rings. The summed E-state index contributed by atoms with van der Waals surface area (Å²) in [7, 11) is 0. The number of guanidine groups is 1. The third-order valence-electron chi connectivity index (χ3n) is 5.06. The van der Waals surface area contributed by atoms with Crippen LogP contribution < -0.4 is 5.32 Å². The molecule has 1 aromatic heterocycles. The van der Waals surface area contributed by atoms with Gasteiger partial charge in [0.05, 0.1) is 19.5 Å². The lowest BCUT2D eigenvalue weighted by molar-refractivity contribution is 0.0906. The minimum absolute atomic E-state index is 0.562. The quantitative estimate of drug-likeness (QED) is 0.381. The number of likely N-dealkylation sites (tertiary alicyclic amines) is 1. The Morgan fingerprint density at radius 2 is 2.14 bits per heavy atom. The summed E-state index contributed by atoms with van der Waals surface area (Å²) in [6, 6.07) is 14.3. The lowest BCUT2D eigenvalue weighted by Crippen LogP contribution is -2.41. The molecule has 0 aliphatic carbocycles. The number of nitrogens with zero attached hydrogens (tertiary/aromatic N) is 2. The monoisotopic (exact) mass is 383 g/mol. The van der Waals surface area contributed by atoms with Crippen LogP contribution >= 0.6 is 0 Å². The average molecular weight is 384 g/mol. The molecule has 152 valence electrons. The molecule has 0 radical (unpaired) electrons. The van der Waals surface area contributed by atoms with E-state index in [4.69, 9.17) is 14.1 Å². The van der Waals surface area contributed by atoms with Gasteiger partial charge in [-0.3, -0.25) is 4.99 Å². The van der Waals surface area contributed by atoms with Crippen LogP contribution in [0.2, 0.25) is 0 Å². The van der Waals surface area contributed by atoms with Crippen LogP contribution in [0.4, 0.5) is 0 Å². The van der Waals surface area contributed by atoms with Crippen molar-refractivity contribution < 1.29 is 9.15 Å². The first-order chi connectivity index (χ1) is 13.8. The molecule has 2 heterocycles. The number of hydrogen-bond acceptors (Lipinski definition) is 3.